The number of hydrogen-bond donors (Lipinski definition) is 3. The lowest BCUT2D eigenvalue weighted by Crippen LogP contribution is -2.44. The van der Waals surface area contributed by atoms with E-state index in [1.807, 2.05) is 36.4 Å². The van der Waals surface area contributed by atoms with Crippen LogP contribution in [0.4, 0.5) is 0 Å². The second kappa shape index (κ2) is 7.57. The second-order valence-electron chi connectivity index (χ2n) is 5.00. The molecule has 0 fully saturated rings. The molecule has 0 unspecified atom stereocenters. The molecule has 0 aliphatic heterocycles. The summed E-state index contributed by atoms with van der Waals surface area (Å²) >= 11 is 0. The number of benzene rings is 2. The summed E-state index contributed by atoms with van der Waals surface area (Å²) in [5.41, 5.74) is 7.61. The zero-order valence-electron chi connectivity index (χ0n) is 11.8. The molecule has 2 atom stereocenters. The highest BCUT2D eigenvalue weighted by atomic mass is 16.3. The molecule has 2 rings (SSSR count). The van der Waals surface area contributed by atoms with Crippen molar-refractivity contribution in [2.24, 2.45) is 5.73 Å². The van der Waals surface area contributed by atoms with Crippen LogP contribution in [0.2, 0.25) is 0 Å². The third kappa shape index (κ3) is 4.70. The van der Waals surface area contributed by atoms with Crippen LogP contribution in [0.1, 0.15) is 15.9 Å². The van der Waals surface area contributed by atoms with Gasteiger partial charge in [-0.05, 0) is 24.1 Å². The Balaban J connectivity index is 1.81. The van der Waals surface area contributed by atoms with E-state index in [1.54, 1.807) is 24.3 Å². The van der Waals surface area contributed by atoms with Crippen LogP contribution < -0.4 is 11.1 Å². The maximum Gasteiger partial charge on any atom is 0.251 e. The predicted octanol–water partition coefficient (Wildman–Crippen LogP) is 1.35. The molecule has 0 aliphatic rings. The van der Waals surface area contributed by atoms with Crippen molar-refractivity contribution in [3.05, 3.63) is 71.8 Å². The van der Waals surface area contributed by atoms with Gasteiger partial charge in [-0.2, -0.15) is 0 Å². The van der Waals surface area contributed by atoms with Crippen molar-refractivity contribution in [2.45, 2.75) is 18.6 Å². The highest BCUT2D eigenvalue weighted by Crippen LogP contribution is 2.04. The van der Waals surface area contributed by atoms with Crippen molar-refractivity contribution in [3.8, 4) is 0 Å². The summed E-state index contributed by atoms with van der Waals surface area (Å²) in [5, 5.41) is 12.7. The minimum atomic E-state index is -0.780. The van der Waals surface area contributed by atoms with Crippen LogP contribution in [0.15, 0.2) is 60.7 Å². The standard InChI is InChI=1S/C17H20N2O2/c18-15(11-13-7-3-1-4-8-13)16(20)12-19-17(21)14-9-5-2-6-10-14/h1-10,15-16,20H,11-12,18H2,(H,19,21)/t15-,16+/m1/s1. The maximum atomic E-state index is 11.9. The van der Waals surface area contributed by atoms with Gasteiger partial charge < -0.3 is 16.2 Å². The molecule has 2 aromatic rings. The minimum absolute atomic E-state index is 0.141. The van der Waals surface area contributed by atoms with Gasteiger partial charge in [0.1, 0.15) is 0 Å². The Morgan fingerprint density at radius 3 is 2.24 bits per heavy atom. The molecule has 0 aliphatic carbocycles. The number of nitrogens with two attached hydrogens (primary N) is 1. The Bertz CT molecular complexity index is 558. The quantitative estimate of drug-likeness (QED) is 0.749. The number of aliphatic hydroxyl groups excluding tert-OH is 1. The van der Waals surface area contributed by atoms with Crippen LogP contribution in [0.25, 0.3) is 0 Å². The van der Waals surface area contributed by atoms with Gasteiger partial charge in [-0.3, -0.25) is 4.79 Å². The Morgan fingerprint density at radius 2 is 1.62 bits per heavy atom. The van der Waals surface area contributed by atoms with Gasteiger partial charge in [0.15, 0.2) is 0 Å². The first kappa shape index (κ1) is 15.2. The minimum Gasteiger partial charge on any atom is -0.390 e. The van der Waals surface area contributed by atoms with Gasteiger partial charge in [0.25, 0.3) is 5.91 Å². The lowest BCUT2D eigenvalue weighted by Gasteiger charge is -2.19. The molecule has 1 amide bonds. The van der Waals surface area contributed by atoms with Gasteiger partial charge in [-0.25, -0.2) is 0 Å². The highest BCUT2D eigenvalue weighted by Gasteiger charge is 2.16. The molecule has 0 bridgehead atoms. The molecule has 0 radical (unpaired) electrons. The molecule has 0 heterocycles. The molecule has 4 heteroatoms. The molecule has 0 spiro atoms. The predicted molar refractivity (Wildman–Crippen MR) is 82.9 cm³/mol. The van der Waals surface area contributed by atoms with Crippen molar-refractivity contribution >= 4 is 5.91 Å². The Hall–Kier alpha value is -2.17. The zero-order chi connectivity index (χ0) is 15.1. The number of carbonyl (C=O) groups is 1. The van der Waals surface area contributed by atoms with E-state index in [4.69, 9.17) is 5.73 Å². The van der Waals surface area contributed by atoms with E-state index < -0.39 is 12.1 Å². The van der Waals surface area contributed by atoms with Crippen molar-refractivity contribution in [2.75, 3.05) is 6.54 Å². The Kier molecular flexibility index (Phi) is 5.49. The number of carbonyl (C=O) groups excluding carboxylic acids is 1. The fraction of sp³-hybridized carbons (Fsp3) is 0.235. The monoisotopic (exact) mass is 284 g/mol. The van der Waals surface area contributed by atoms with Crippen molar-refractivity contribution in [1.29, 1.82) is 0 Å². The molecular weight excluding hydrogens is 264 g/mol. The number of nitrogens with one attached hydrogen (secondary N) is 1. The lowest BCUT2D eigenvalue weighted by molar-refractivity contribution is 0.0896. The van der Waals surface area contributed by atoms with Gasteiger partial charge in [0.2, 0.25) is 0 Å². The average Bonchev–Trinajstić information content (AvgIpc) is 2.54. The summed E-state index contributed by atoms with van der Waals surface area (Å²) in [6, 6.07) is 18.2. The van der Waals surface area contributed by atoms with E-state index in [-0.39, 0.29) is 12.5 Å². The molecule has 110 valence electrons. The average molecular weight is 284 g/mol. The second-order valence-corrected chi connectivity index (χ2v) is 5.00. The van der Waals surface area contributed by atoms with Crippen LogP contribution in [0.3, 0.4) is 0 Å². The maximum absolute atomic E-state index is 11.9. The topological polar surface area (TPSA) is 75.3 Å². The summed E-state index contributed by atoms with van der Waals surface area (Å²) in [4.78, 5) is 11.9. The fourth-order valence-corrected chi connectivity index (χ4v) is 2.06. The molecule has 2 aromatic carbocycles. The molecule has 21 heavy (non-hydrogen) atoms. The first-order valence-corrected chi connectivity index (χ1v) is 6.97. The number of aliphatic hydroxyl groups is 1. The molecule has 4 N–H and O–H groups in total. The zero-order valence-corrected chi connectivity index (χ0v) is 11.8. The van der Waals surface area contributed by atoms with Gasteiger partial charge in [-0.1, -0.05) is 48.5 Å². The molecule has 0 saturated carbocycles. The van der Waals surface area contributed by atoms with Crippen LogP contribution in [-0.4, -0.2) is 29.7 Å². The number of rotatable bonds is 6. The van der Waals surface area contributed by atoms with E-state index >= 15 is 0 Å². The van der Waals surface area contributed by atoms with E-state index in [2.05, 4.69) is 5.32 Å². The van der Waals surface area contributed by atoms with Gasteiger partial charge in [-0.15, -0.1) is 0 Å². The van der Waals surface area contributed by atoms with Crippen molar-refractivity contribution in [3.63, 3.8) is 0 Å². The first-order chi connectivity index (χ1) is 10.2. The van der Waals surface area contributed by atoms with Crippen molar-refractivity contribution < 1.29 is 9.90 Å². The molecule has 0 aromatic heterocycles. The summed E-state index contributed by atoms with van der Waals surface area (Å²) < 4.78 is 0. The van der Waals surface area contributed by atoms with E-state index in [1.165, 1.54) is 0 Å². The van der Waals surface area contributed by atoms with E-state index in [0.29, 0.717) is 12.0 Å². The first-order valence-electron chi connectivity index (χ1n) is 6.97. The molecule has 4 nitrogen and oxygen atoms in total. The van der Waals surface area contributed by atoms with Gasteiger partial charge in [0, 0.05) is 18.2 Å². The van der Waals surface area contributed by atoms with E-state index in [0.717, 1.165) is 5.56 Å². The van der Waals surface area contributed by atoms with Crippen LogP contribution in [0, 0.1) is 0 Å². The summed E-state index contributed by atoms with van der Waals surface area (Å²) in [6.07, 6.45) is -0.207. The smallest absolute Gasteiger partial charge is 0.251 e. The van der Waals surface area contributed by atoms with E-state index in [9.17, 15) is 9.90 Å². The molecular formula is C17H20N2O2. The van der Waals surface area contributed by atoms with Crippen molar-refractivity contribution in [1.82, 2.24) is 5.32 Å². The molecule has 0 saturated heterocycles. The largest absolute Gasteiger partial charge is 0.390 e. The Labute approximate surface area is 124 Å². The number of amides is 1. The van der Waals surface area contributed by atoms with Gasteiger partial charge in [0.05, 0.1) is 6.10 Å². The summed E-state index contributed by atoms with van der Waals surface area (Å²) in [5.74, 6) is -0.207. The van der Waals surface area contributed by atoms with Gasteiger partial charge >= 0.3 is 0 Å². The van der Waals surface area contributed by atoms with Crippen LogP contribution in [-0.2, 0) is 6.42 Å². The third-order valence-electron chi connectivity index (χ3n) is 3.32. The Morgan fingerprint density at radius 1 is 1.05 bits per heavy atom. The van der Waals surface area contributed by atoms with Crippen LogP contribution >= 0.6 is 0 Å². The third-order valence-corrected chi connectivity index (χ3v) is 3.32. The number of hydrogen-bond acceptors (Lipinski definition) is 3. The fourth-order valence-electron chi connectivity index (χ4n) is 2.06. The summed E-state index contributed by atoms with van der Waals surface area (Å²) in [7, 11) is 0. The lowest BCUT2D eigenvalue weighted by atomic mass is 10.0. The SMILES string of the molecule is N[C@H](Cc1ccccc1)[C@@H](O)CNC(=O)c1ccccc1. The summed E-state index contributed by atoms with van der Waals surface area (Å²) in [6.45, 7) is 0.141. The van der Waals surface area contributed by atoms with Crippen LogP contribution in [0.5, 0.6) is 0 Å². The highest BCUT2D eigenvalue weighted by molar-refractivity contribution is 5.94. The normalized spacial score (nSPS) is 13.4.